The zero-order chi connectivity index (χ0) is 13.0. The number of carbonyl (C=O) groups excluding carboxylic acids is 1. The number of benzene rings is 1. The summed E-state index contributed by atoms with van der Waals surface area (Å²) in [5.74, 6) is 0.344. The maximum Gasteiger partial charge on any atom is 0.249 e. The summed E-state index contributed by atoms with van der Waals surface area (Å²) >= 11 is 0. The number of nitrogens with one attached hydrogen (secondary N) is 1. The van der Waals surface area contributed by atoms with E-state index in [4.69, 9.17) is 4.52 Å². The van der Waals surface area contributed by atoms with Crippen LogP contribution in [0.25, 0.3) is 6.08 Å². The number of amides is 1. The van der Waals surface area contributed by atoms with Crippen molar-refractivity contribution < 1.29 is 13.7 Å². The molecule has 0 saturated heterocycles. The van der Waals surface area contributed by atoms with Crippen molar-refractivity contribution in [2.45, 2.75) is 6.92 Å². The van der Waals surface area contributed by atoms with Crippen LogP contribution in [0.15, 0.2) is 40.9 Å². The number of hydrogen-bond acceptors (Lipinski definition) is 3. The molecule has 0 bridgehead atoms. The quantitative estimate of drug-likeness (QED) is 0.847. The fourth-order valence-electron chi connectivity index (χ4n) is 1.34. The van der Waals surface area contributed by atoms with E-state index in [1.54, 1.807) is 31.2 Å². The Kier molecular flexibility index (Phi) is 3.52. The maximum absolute atomic E-state index is 12.7. The van der Waals surface area contributed by atoms with Crippen LogP contribution in [0.5, 0.6) is 0 Å². The summed E-state index contributed by atoms with van der Waals surface area (Å²) in [7, 11) is 0. The minimum absolute atomic E-state index is 0.310. The summed E-state index contributed by atoms with van der Waals surface area (Å²) in [6, 6.07) is 7.44. The highest BCUT2D eigenvalue weighted by atomic mass is 19.1. The van der Waals surface area contributed by atoms with Crippen LogP contribution in [0.2, 0.25) is 0 Å². The fourth-order valence-corrected chi connectivity index (χ4v) is 1.34. The van der Waals surface area contributed by atoms with Gasteiger partial charge in [0.15, 0.2) is 5.82 Å². The highest BCUT2D eigenvalue weighted by Gasteiger charge is 2.02. The maximum atomic E-state index is 12.7. The topological polar surface area (TPSA) is 55.1 Å². The Balaban J connectivity index is 1.96. The van der Waals surface area contributed by atoms with Crippen LogP contribution < -0.4 is 5.32 Å². The second kappa shape index (κ2) is 5.27. The molecule has 0 aliphatic heterocycles. The largest absolute Gasteiger partial charge is 0.360 e. The number of carbonyl (C=O) groups is 1. The van der Waals surface area contributed by atoms with Gasteiger partial charge in [-0.25, -0.2) is 4.39 Å². The summed E-state index contributed by atoms with van der Waals surface area (Å²) in [5.41, 5.74) is 0.739. The van der Waals surface area contributed by atoms with Crippen LogP contribution in [-0.2, 0) is 4.79 Å². The lowest BCUT2D eigenvalue weighted by Crippen LogP contribution is -2.07. The van der Waals surface area contributed by atoms with Gasteiger partial charge in [0.25, 0.3) is 0 Å². The molecule has 5 heteroatoms. The molecule has 0 aliphatic carbocycles. The number of aromatic nitrogens is 1. The van der Waals surface area contributed by atoms with Gasteiger partial charge in [-0.3, -0.25) is 4.79 Å². The first-order valence-corrected chi connectivity index (χ1v) is 5.31. The summed E-state index contributed by atoms with van der Waals surface area (Å²) in [6.45, 7) is 1.73. The molecule has 0 saturated carbocycles. The lowest BCUT2D eigenvalue weighted by molar-refractivity contribution is -0.111. The van der Waals surface area contributed by atoms with E-state index < -0.39 is 0 Å². The molecule has 0 unspecified atom stereocenters. The molecule has 0 aliphatic rings. The van der Waals surface area contributed by atoms with Crippen LogP contribution in [0.4, 0.5) is 10.2 Å². The number of halogens is 1. The third kappa shape index (κ3) is 3.28. The first-order valence-electron chi connectivity index (χ1n) is 5.31. The van der Waals surface area contributed by atoms with Gasteiger partial charge in [-0.15, -0.1) is 0 Å². The number of hydrogen-bond donors (Lipinski definition) is 1. The number of aryl methyl sites for hydroxylation is 1. The van der Waals surface area contributed by atoms with E-state index in [1.165, 1.54) is 18.2 Å². The predicted octanol–water partition coefficient (Wildman–Crippen LogP) is 2.77. The van der Waals surface area contributed by atoms with Crippen LogP contribution in [0, 0.1) is 12.7 Å². The molecule has 1 aromatic carbocycles. The molecule has 0 fully saturated rings. The number of anilines is 1. The van der Waals surface area contributed by atoms with Crippen molar-refractivity contribution in [2.24, 2.45) is 0 Å². The summed E-state index contributed by atoms with van der Waals surface area (Å²) in [4.78, 5) is 11.5. The molecule has 1 aromatic heterocycles. The van der Waals surface area contributed by atoms with Gasteiger partial charge in [-0.05, 0) is 30.7 Å². The van der Waals surface area contributed by atoms with E-state index >= 15 is 0 Å². The first-order chi connectivity index (χ1) is 8.63. The third-order valence-electron chi connectivity index (χ3n) is 2.18. The van der Waals surface area contributed by atoms with Gasteiger partial charge in [0.1, 0.15) is 11.6 Å². The zero-order valence-electron chi connectivity index (χ0n) is 9.68. The van der Waals surface area contributed by atoms with Crippen molar-refractivity contribution in [1.29, 1.82) is 0 Å². The van der Waals surface area contributed by atoms with Gasteiger partial charge < -0.3 is 9.84 Å². The monoisotopic (exact) mass is 246 g/mol. The Bertz CT molecular complexity index is 573. The molecule has 4 nitrogen and oxygen atoms in total. The van der Waals surface area contributed by atoms with E-state index in [1.807, 2.05) is 0 Å². The molecular formula is C13H11FN2O2. The van der Waals surface area contributed by atoms with Crippen molar-refractivity contribution in [2.75, 3.05) is 5.32 Å². The minimum Gasteiger partial charge on any atom is -0.360 e. The van der Waals surface area contributed by atoms with Crippen LogP contribution >= 0.6 is 0 Å². The Labute approximate surface area is 103 Å². The molecular weight excluding hydrogens is 235 g/mol. The van der Waals surface area contributed by atoms with Gasteiger partial charge in [0, 0.05) is 12.1 Å². The Morgan fingerprint density at radius 3 is 2.72 bits per heavy atom. The molecule has 1 heterocycles. The molecule has 18 heavy (non-hydrogen) atoms. The first kappa shape index (κ1) is 12.0. The Morgan fingerprint density at radius 2 is 2.11 bits per heavy atom. The molecule has 1 N–H and O–H groups in total. The zero-order valence-corrected chi connectivity index (χ0v) is 9.68. The summed E-state index contributed by atoms with van der Waals surface area (Å²) in [6.07, 6.45) is 2.93. The van der Waals surface area contributed by atoms with E-state index in [-0.39, 0.29) is 11.7 Å². The van der Waals surface area contributed by atoms with Gasteiger partial charge in [-0.2, -0.15) is 0 Å². The lowest BCUT2D eigenvalue weighted by Gasteiger charge is -1.95. The van der Waals surface area contributed by atoms with Gasteiger partial charge >= 0.3 is 0 Å². The SMILES string of the molecule is Cc1cc(NC(=O)/C=C/c2ccc(F)cc2)no1. The smallest absolute Gasteiger partial charge is 0.249 e. The van der Waals surface area contributed by atoms with E-state index in [0.29, 0.717) is 11.6 Å². The second-order valence-electron chi connectivity index (χ2n) is 3.70. The standard InChI is InChI=1S/C13H11FN2O2/c1-9-8-12(16-18-9)15-13(17)7-4-10-2-5-11(14)6-3-10/h2-8H,1H3,(H,15,16,17)/b7-4+. The average Bonchev–Trinajstić information content (AvgIpc) is 2.74. The van der Waals surface area contributed by atoms with Gasteiger partial charge in [-0.1, -0.05) is 17.3 Å². The number of rotatable bonds is 3. The van der Waals surface area contributed by atoms with Crippen LogP contribution in [-0.4, -0.2) is 11.1 Å². The summed E-state index contributed by atoms with van der Waals surface area (Å²) in [5, 5.41) is 6.17. The third-order valence-corrected chi connectivity index (χ3v) is 2.18. The molecule has 0 atom stereocenters. The van der Waals surface area contributed by atoms with Crippen molar-refractivity contribution in [3.05, 3.63) is 53.5 Å². The highest BCUT2D eigenvalue weighted by Crippen LogP contribution is 2.08. The lowest BCUT2D eigenvalue weighted by atomic mass is 10.2. The minimum atomic E-state index is -0.326. The molecule has 92 valence electrons. The van der Waals surface area contributed by atoms with E-state index in [2.05, 4.69) is 10.5 Å². The number of nitrogens with zero attached hydrogens (tertiary/aromatic N) is 1. The van der Waals surface area contributed by atoms with Gasteiger partial charge in [0.2, 0.25) is 5.91 Å². The van der Waals surface area contributed by atoms with Crippen LogP contribution in [0.1, 0.15) is 11.3 Å². The second-order valence-corrected chi connectivity index (χ2v) is 3.70. The average molecular weight is 246 g/mol. The fraction of sp³-hybridized carbons (Fsp3) is 0.0769. The molecule has 2 rings (SSSR count). The van der Waals surface area contributed by atoms with E-state index in [0.717, 1.165) is 5.56 Å². The normalized spacial score (nSPS) is 10.8. The molecule has 0 spiro atoms. The highest BCUT2D eigenvalue weighted by molar-refractivity contribution is 6.01. The van der Waals surface area contributed by atoms with Crippen LogP contribution in [0.3, 0.4) is 0 Å². The van der Waals surface area contributed by atoms with Crippen molar-refractivity contribution >= 4 is 17.8 Å². The predicted molar refractivity (Wildman–Crippen MR) is 65.3 cm³/mol. The Morgan fingerprint density at radius 1 is 1.39 bits per heavy atom. The van der Waals surface area contributed by atoms with E-state index in [9.17, 15) is 9.18 Å². The van der Waals surface area contributed by atoms with Gasteiger partial charge in [0.05, 0.1) is 0 Å². The molecule has 0 radical (unpaired) electrons. The van der Waals surface area contributed by atoms with Crippen molar-refractivity contribution in [3.8, 4) is 0 Å². The van der Waals surface area contributed by atoms with Crippen molar-refractivity contribution in [3.63, 3.8) is 0 Å². The van der Waals surface area contributed by atoms with Crippen molar-refractivity contribution in [1.82, 2.24) is 5.16 Å². The molecule has 1 amide bonds. The molecule has 2 aromatic rings. The Hall–Kier alpha value is -2.43. The summed E-state index contributed by atoms with van der Waals surface area (Å²) < 4.78 is 17.5.